The van der Waals surface area contributed by atoms with Gasteiger partial charge >= 0.3 is 4.87 Å². The Morgan fingerprint density at radius 1 is 1.33 bits per heavy atom. The molecule has 0 saturated carbocycles. The van der Waals surface area contributed by atoms with Gasteiger partial charge in [-0.2, -0.15) is 8.42 Å². The van der Waals surface area contributed by atoms with E-state index in [2.05, 4.69) is 0 Å². The van der Waals surface area contributed by atoms with Crippen LogP contribution in [0.25, 0.3) is 10.2 Å². The topological polar surface area (TPSA) is 85.6 Å². The molecule has 21 heavy (non-hydrogen) atoms. The number of fused-ring (bicyclic) bond motifs is 1. The van der Waals surface area contributed by atoms with Gasteiger partial charge in [-0.3, -0.25) is 13.9 Å². The van der Waals surface area contributed by atoms with Crippen LogP contribution in [0.1, 0.15) is 12.8 Å². The molecule has 0 bridgehead atoms. The van der Waals surface area contributed by atoms with Crippen LogP contribution in [0, 0.1) is 5.92 Å². The molecule has 0 atom stereocenters. The lowest BCUT2D eigenvalue weighted by Crippen LogP contribution is -2.24. The molecule has 2 aromatic rings. The van der Waals surface area contributed by atoms with Crippen molar-refractivity contribution in [2.24, 2.45) is 5.92 Å². The number of thiazole rings is 1. The van der Waals surface area contributed by atoms with Gasteiger partial charge in [0.25, 0.3) is 10.1 Å². The second kappa shape index (κ2) is 5.53. The fourth-order valence-corrected chi connectivity index (χ4v) is 4.09. The smallest absolute Gasteiger partial charge is 0.308 e. The number of ether oxygens (including phenoxy) is 1. The number of benzene rings is 1. The Labute approximate surface area is 125 Å². The van der Waals surface area contributed by atoms with Crippen molar-refractivity contribution in [3.63, 3.8) is 0 Å². The van der Waals surface area contributed by atoms with Crippen molar-refractivity contribution in [1.82, 2.24) is 4.57 Å². The molecule has 114 valence electrons. The first-order valence-corrected chi connectivity index (χ1v) is 8.89. The molecule has 8 heteroatoms. The van der Waals surface area contributed by atoms with Crippen LogP contribution in [-0.4, -0.2) is 30.8 Å². The third-order valence-electron chi connectivity index (χ3n) is 3.72. The highest BCUT2D eigenvalue weighted by Crippen LogP contribution is 2.24. The van der Waals surface area contributed by atoms with E-state index in [1.807, 2.05) is 0 Å². The van der Waals surface area contributed by atoms with Crippen molar-refractivity contribution in [3.8, 4) is 0 Å². The van der Waals surface area contributed by atoms with Gasteiger partial charge in [-0.25, -0.2) is 0 Å². The van der Waals surface area contributed by atoms with Crippen LogP contribution in [0.4, 0.5) is 0 Å². The molecule has 0 aliphatic carbocycles. The summed E-state index contributed by atoms with van der Waals surface area (Å²) >= 11 is 0.998. The molecule has 0 unspecified atom stereocenters. The third kappa shape index (κ3) is 3.03. The molecule has 1 saturated heterocycles. The molecule has 0 radical (unpaired) electrons. The summed E-state index contributed by atoms with van der Waals surface area (Å²) in [5.41, 5.74) is 0.712. The van der Waals surface area contributed by atoms with E-state index in [1.165, 1.54) is 12.1 Å². The Hall–Kier alpha value is -1.22. The van der Waals surface area contributed by atoms with Crippen molar-refractivity contribution >= 4 is 31.7 Å². The monoisotopic (exact) mass is 329 g/mol. The molecule has 3 rings (SSSR count). The Bertz CT molecular complexity index is 815. The molecule has 1 aromatic heterocycles. The maximum absolute atomic E-state index is 12.1. The Kier molecular flexibility index (Phi) is 3.87. The SMILES string of the molecule is O=c1sc2cc(S(=O)(=O)O)ccc2n1CC1CCOCC1. The summed E-state index contributed by atoms with van der Waals surface area (Å²) in [7, 11) is -4.25. The minimum atomic E-state index is -4.25. The van der Waals surface area contributed by atoms with Crippen molar-refractivity contribution in [1.29, 1.82) is 0 Å². The van der Waals surface area contributed by atoms with Crippen molar-refractivity contribution in [3.05, 3.63) is 27.9 Å². The Morgan fingerprint density at radius 3 is 2.71 bits per heavy atom. The van der Waals surface area contributed by atoms with E-state index in [1.54, 1.807) is 10.6 Å². The lowest BCUT2D eigenvalue weighted by atomic mass is 10.0. The van der Waals surface area contributed by atoms with Crippen molar-refractivity contribution < 1.29 is 17.7 Å². The molecule has 6 nitrogen and oxygen atoms in total. The van der Waals surface area contributed by atoms with E-state index in [-0.39, 0.29) is 9.77 Å². The molecule has 2 heterocycles. The minimum Gasteiger partial charge on any atom is -0.381 e. The van der Waals surface area contributed by atoms with Crippen LogP contribution < -0.4 is 4.87 Å². The fraction of sp³-hybridized carbons (Fsp3) is 0.462. The fourth-order valence-electron chi connectivity index (χ4n) is 2.57. The van der Waals surface area contributed by atoms with E-state index < -0.39 is 10.1 Å². The summed E-state index contributed by atoms with van der Waals surface area (Å²) in [5, 5.41) is 0. The zero-order chi connectivity index (χ0) is 15.0. The lowest BCUT2D eigenvalue weighted by Gasteiger charge is -2.22. The highest BCUT2D eigenvalue weighted by molar-refractivity contribution is 7.85. The van der Waals surface area contributed by atoms with E-state index in [9.17, 15) is 13.2 Å². The molecule has 1 N–H and O–H groups in total. The third-order valence-corrected chi connectivity index (χ3v) is 5.51. The zero-order valence-corrected chi connectivity index (χ0v) is 12.8. The Balaban J connectivity index is 1.99. The predicted octanol–water partition coefficient (Wildman–Crippen LogP) is 1.74. The highest BCUT2D eigenvalue weighted by Gasteiger charge is 2.18. The van der Waals surface area contributed by atoms with Crippen molar-refractivity contribution in [2.75, 3.05) is 13.2 Å². The summed E-state index contributed by atoms with van der Waals surface area (Å²) in [5.74, 6) is 0.399. The first kappa shape index (κ1) is 14.7. The van der Waals surface area contributed by atoms with Crippen LogP contribution in [0.15, 0.2) is 27.9 Å². The van der Waals surface area contributed by atoms with E-state index >= 15 is 0 Å². The predicted molar refractivity (Wildman–Crippen MR) is 79.4 cm³/mol. The highest BCUT2D eigenvalue weighted by atomic mass is 32.2. The molecular formula is C13H15NO5S2. The van der Waals surface area contributed by atoms with Gasteiger partial charge in [-0.05, 0) is 37.0 Å². The molecule has 1 aromatic carbocycles. The molecule has 1 fully saturated rings. The van der Waals surface area contributed by atoms with Gasteiger partial charge in [0.2, 0.25) is 0 Å². The zero-order valence-electron chi connectivity index (χ0n) is 11.2. The van der Waals surface area contributed by atoms with Gasteiger partial charge in [-0.15, -0.1) is 0 Å². The average molecular weight is 329 g/mol. The summed E-state index contributed by atoms with van der Waals surface area (Å²) in [4.78, 5) is 11.8. The average Bonchev–Trinajstić information content (AvgIpc) is 2.75. The minimum absolute atomic E-state index is 0.107. The van der Waals surface area contributed by atoms with Gasteiger partial charge in [0.05, 0.1) is 15.1 Å². The van der Waals surface area contributed by atoms with Crippen LogP contribution in [0.5, 0.6) is 0 Å². The van der Waals surface area contributed by atoms with Gasteiger partial charge in [0.1, 0.15) is 0 Å². The van der Waals surface area contributed by atoms with Crippen LogP contribution in [-0.2, 0) is 21.4 Å². The lowest BCUT2D eigenvalue weighted by molar-refractivity contribution is 0.0614. The first-order valence-electron chi connectivity index (χ1n) is 6.64. The second-order valence-electron chi connectivity index (χ2n) is 5.14. The number of hydrogen-bond donors (Lipinski definition) is 1. The van der Waals surface area contributed by atoms with Crippen molar-refractivity contribution in [2.45, 2.75) is 24.3 Å². The van der Waals surface area contributed by atoms with Gasteiger partial charge < -0.3 is 4.74 Å². The maximum Gasteiger partial charge on any atom is 0.308 e. The summed E-state index contributed by atoms with van der Waals surface area (Å²) in [6.45, 7) is 2.05. The van der Waals surface area contributed by atoms with Gasteiger partial charge in [-0.1, -0.05) is 11.3 Å². The Morgan fingerprint density at radius 2 is 2.05 bits per heavy atom. The second-order valence-corrected chi connectivity index (χ2v) is 7.55. The van der Waals surface area contributed by atoms with Crippen LogP contribution >= 0.6 is 11.3 Å². The van der Waals surface area contributed by atoms with Crippen LogP contribution in [0.2, 0.25) is 0 Å². The molecule has 1 aliphatic heterocycles. The van der Waals surface area contributed by atoms with Crippen LogP contribution in [0.3, 0.4) is 0 Å². The molecule has 0 amide bonds. The van der Waals surface area contributed by atoms with E-state index in [0.717, 1.165) is 24.2 Å². The van der Waals surface area contributed by atoms with Gasteiger partial charge in [0, 0.05) is 19.8 Å². The number of aromatic nitrogens is 1. The normalized spacial score (nSPS) is 17.4. The summed E-state index contributed by atoms with van der Waals surface area (Å²) in [6, 6.07) is 4.25. The number of rotatable bonds is 3. The summed E-state index contributed by atoms with van der Waals surface area (Å²) in [6.07, 6.45) is 1.85. The van der Waals surface area contributed by atoms with E-state index in [0.29, 0.717) is 35.9 Å². The number of nitrogens with zero attached hydrogens (tertiary/aromatic N) is 1. The molecule has 1 aliphatic rings. The first-order chi connectivity index (χ1) is 9.95. The molecule has 0 spiro atoms. The quantitative estimate of drug-likeness (QED) is 0.867. The van der Waals surface area contributed by atoms with E-state index in [4.69, 9.17) is 9.29 Å². The number of hydrogen-bond acceptors (Lipinski definition) is 5. The maximum atomic E-state index is 12.1. The summed E-state index contributed by atoms with van der Waals surface area (Å²) < 4.78 is 38.9. The molecular weight excluding hydrogens is 314 g/mol. The standard InChI is InChI=1S/C13H15NO5S2/c15-13-14(8-9-3-5-19-6-4-9)11-2-1-10(21(16,17)18)7-12(11)20-13/h1-2,7,9H,3-6,8H2,(H,16,17,18). The van der Waals surface area contributed by atoms with Gasteiger partial charge in [0.15, 0.2) is 0 Å². The largest absolute Gasteiger partial charge is 0.381 e.